The Hall–Kier alpha value is -2.74. The number of ether oxygens (including phenoxy) is 1. The third-order valence-corrected chi connectivity index (χ3v) is 6.00. The molecule has 1 aliphatic carbocycles. The molecule has 7 nitrogen and oxygen atoms in total. The molecule has 1 aliphatic rings. The minimum Gasteiger partial charge on any atom is -0.468 e. The Balaban J connectivity index is 1.59. The summed E-state index contributed by atoms with van der Waals surface area (Å²) in [6, 6.07) is 8.52. The average Bonchev–Trinajstić information content (AvgIpc) is 3.12. The van der Waals surface area contributed by atoms with Crippen molar-refractivity contribution < 1.29 is 14.3 Å². The Bertz CT molecular complexity index is 1080. The predicted octanol–water partition coefficient (Wildman–Crippen LogP) is 3.43. The number of carbonyl (C=O) groups is 2. The number of aromatic nitrogens is 4. The Morgan fingerprint density at radius 1 is 1.24 bits per heavy atom. The smallest absolute Gasteiger partial charge is 0.316 e. The van der Waals surface area contributed by atoms with Gasteiger partial charge in [0.1, 0.15) is 0 Å². The maximum atomic E-state index is 12.8. The van der Waals surface area contributed by atoms with E-state index in [1.807, 2.05) is 0 Å². The fourth-order valence-electron chi connectivity index (χ4n) is 3.50. The first-order chi connectivity index (χ1) is 13.9. The van der Waals surface area contributed by atoms with Crippen molar-refractivity contribution in [2.75, 3.05) is 12.9 Å². The number of thioether (sulfide) groups is 1. The molecule has 0 bridgehead atoms. The molecule has 2 heterocycles. The van der Waals surface area contributed by atoms with Gasteiger partial charge < -0.3 is 4.74 Å². The van der Waals surface area contributed by atoms with E-state index in [1.165, 1.54) is 29.0 Å². The van der Waals surface area contributed by atoms with Gasteiger partial charge in [0.05, 0.1) is 24.1 Å². The predicted molar refractivity (Wildman–Crippen MR) is 109 cm³/mol. The van der Waals surface area contributed by atoms with E-state index in [9.17, 15) is 9.59 Å². The average molecular weight is 410 g/mol. The number of esters is 1. The number of fused-ring (bicyclic) bond motifs is 2. The molecule has 0 saturated carbocycles. The van der Waals surface area contributed by atoms with Gasteiger partial charge in [0.15, 0.2) is 5.78 Å². The molecule has 0 N–H and O–H groups in total. The Labute approximate surface area is 172 Å². The lowest BCUT2D eigenvalue weighted by atomic mass is 9.81. The van der Waals surface area contributed by atoms with Gasteiger partial charge in [-0.15, -0.1) is 5.10 Å². The summed E-state index contributed by atoms with van der Waals surface area (Å²) in [7, 11) is 1.34. The summed E-state index contributed by atoms with van der Waals surface area (Å²) < 4.78 is 6.14. The van der Waals surface area contributed by atoms with Gasteiger partial charge >= 0.3 is 5.97 Å². The molecular weight excluding hydrogens is 388 g/mol. The molecule has 1 atom stereocenters. The van der Waals surface area contributed by atoms with Crippen LogP contribution in [0.3, 0.4) is 0 Å². The third-order valence-electron chi connectivity index (χ3n) is 5.18. The van der Waals surface area contributed by atoms with Crippen LogP contribution >= 0.6 is 11.8 Å². The molecule has 8 heteroatoms. The van der Waals surface area contributed by atoms with Crippen molar-refractivity contribution in [2.24, 2.45) is 0 Å². The van der Waals surface area contributed by atoms with E-state index in [1.54, 1.807) is 6.20 Å². The summed E-state index contributed by atoms with van der Waals surface area (Å²) in [5.41, 5.74) is 3.80. The highest BCUT2D eigenvalue weighted by Crippen LogP contribution is 2.32. The van der Waals surface area contributed by atoms with Crippen LogP contribution in [0.1, 0.15) is 59.3 Å². The van der Waals surface area contributed by atoms with Gasteiger partial charge in [0, 0.05) is 12.6 Å². The van der Waals surface area contributed by atoms with E-state index >= 15 is 0 Å². The van der Waals surface area contributed by atoms with Crippen molar-refractivity contribution in [3.05, 3.63) is 52.8 Å². The highest BCUT2D eigenvalue weighted by molar-refractivity contribution is 7.99. The molecule has 0 amide bonds. The lowest BCUT2D eigenvalue weighted by Gasteiger charge is -2.23. The maximum absolute atomic E-state index is 12.8. The van der Waals surface area contributed by atoms with Crippen molar-refractivity contribution in [3.63, 3.8) is 0 Å². The zero-order valence-corrected chi connectivity index (χ0v) is 17.4. The summed E-state index contributed by atoms with van der Waals surface area (Å²) >= 11 is 1.18. The highest BCUT2D eigenvalue weighted by Gasteiger charge is 2.28. The molecule has 150 valence electrons. The van der Waals surface area contributed by atoms with Crippen LogP contribution in [0.4, 0.5) is 0 Å². The SMILES string of the molecule is COC(=O)CSc1nc2nc3c(cn2n1)C(=O)C[C@@H](c1ccc(C(C)C)cc1)C3. The fraction of sp³-hybridized carbons (Fsp3) is 0.381. The molecule has 0 aliphatic heterocycles. The molecule has 29 heavy (non-hydrogen) atoms. The largest absolute Gasteiger partial charge is 0.468 e. The van der Waals surface area contributed by atoms with Crippen LogP contribution in [0, 0.1) is 0 Å². The second-order valence-corrected chi connectivity index (χ2v) is 8.40. The van der Waals surface area contributed by atoms with Gasteiger partial charge in [0.2, 0.25) is 5.16 Å². The number of methoxy groups -OCH3 is 1. The molecule has 0 fully saturated rings. The Morgan fingerprint density at radius 3 is 2.69 bits per heavy atom. The third kappa shape index (κ3) is 4.03. The topological polar surface area (TPSA) is 86.4 Å². The first-order valence-electron chi connectivity index (χ1n) is 9.53. The molecule has 0 unspecified atom stereocenters. The number of benzene rings is 1. The van der Waals surface area contributed by atoms with E-state index in [0.29, 0.717) is 35.3 Å². The van der Waals surface area contributed by atoms with Crippen molar-refractivity contribution in [1.82, 2.24) is 19.6 Å². The molecule has 0 saturated heterocycles. The second kappa shape index (κ2) is 7.94. The van der Waals surface area contributed by atoms with Gasteiger partial charge in [-0.05, 0) is 29.4 Å². The van der Waals surface area contributed by atoms with E-state index in [0.717, 1.165) is 11.3 Å². The molecule has 4 rings (SSSR count). The van der Waals surface area contributed by atoms with Crippen LogP contribution in [-0.2, 0) is 16.0 Å². The number of carbonyl (C=O) groups excluding carboxylic acids is 2. The maximum Gasteiger partial charge on any atom is 0.316 e. The Kier molecular flexibility index (Phi) is 5.36. The summed E-state index contributed by atoms with van der Waals surface area (Å²) in [5.74, 6) is 0.870. The van der Waals surface area contributed by atoms with Gasteiger partial charge in [-0.2, -0.15) is 4.98 Å². The van der Waals surface area contributed by atoms with Crippen molar-refractivity contribution in [3.8, 4) is 0 Å². The van der Waals surface area contributed by atoms with Crippen molar-refractivity contribution >= 4 is 29.3 Å². The van der Waals surface area contributed by atoms with Gasteiger partial charge in [-0.25, -0.2) is 9.50 Å². The lowest BCUT2D eigenvalue weighted by molar-refractivity contribution is -0.137. The van der Waals surface area contributed by atoms with Crippen molar-refractivity contribution in [2.45, 2.75) is 43.7 Å². The number of nitrogens with zero attached hydrogens (tertiary/aromatic N) is 4. The van der Waals surface area contributed by atoms with Crippen LogP contribution in [-0.4, -0.2) is 44.2 Å². The summed E-state index contributed by atoms with van der Waals surface area (Å²) in [6.07, 6.45) is 2.85. The zero-order valence-electron chi connectivity index (χ0n) is 16.6. The fourth-order valence-corrected chi connectivity index (χ4v) is 4.15. The van der Waals surface area contributed by atoms with Crippen LogP contribution in [0.5, 0.6) is 0 Å². The molecule has 0 spiro atoms. The monoisotopic (exact) mass is 410 g/mol. The minimum absolute atomic E-state index is 0.0675. The van der Waals surface area contributed by atoms with Crippen molar-refractivity contribution in [1.29, 1.82) is 0 Å². The molecule has 2 aromatic heterocycles. The van der Waals surface area contributed by atoms with Gasteiger partial charge in [-0.1, -0.05) is 49.9 Å². The molecule has 3 aromatic rings. The quantitative estimate of drug-likeness (QED) is 0.470. The van der Waals surface area contributed by atoms with E-state index in [2.05, 4.69) is 57.9 Å². The minimum atomic E-state index is -0.345. The Morgan fingerprint density at radius 2 is 2.00 bits per heavy atom. The molecular formula is C21H22N4O3S. The van der Waals surface area contributed by atoms with Crippen LogP contribution in [0.2, 0.25) is 0 Å². The normalized spacial score (nSPS) is 16.3. The second-order valence-electron chi connectivity index (χ2n) is 7.45. The number of hydrogen-bond acceptors (Lipinski definition) is 7. The van der Waals surface area contributed by atoms with Crippen LogP contribution in [0.25, 0.3) is 5.78 Å². The number of hydrogen-bond donors (Lipinski definition) is 0. The summed E-state index contributed by atoms with van der Waals surface area (Å²) in [6.45, 7) is 4.34. The highest BCUT2D eigenvalue weighted by atomic mass is 32.2. The lowest BCUT2D eigenvalue weighted by Crippen LogP contribution is -2.21. The first-order valence-corrected chi connectivity index (χ1v) is 10.5. The summed E-state index contributed by atoms with van der Waals surface area (Å²) in [5, 5.41) is 4.74. The standard InChI is InChI=1S/C21H22N4O3S/c1-12(2)13-4-6-14(7-5-13)15-8-17-16(18(26)9-15)10-25-20(22-17)23-21(24-25)29-11-19(27)28-3/h4-7,10,12,15H,8-9,11H2,1-3H3/t15-/m0/s1. The summed E-state index contributed by atoms with van der Waals surface area (Å²) in [4.78, 5) is 33.1. The zero-order chi connectivity index (χ0) is 20.5. The van der Waals surface area contributed by atoms with E-state index < -0.39 is 0 Å². The van der Waals surface area contributed by atoms with Gasteiger partial charge in [-0.3, -0.25) is 9.59 Å². The number of rotatable bonds is 5. The van der Waals surface area contributed by atoms with E-state index in [-0.39, 0.29) is 23.4 Å². The number of ketones is 1. The van der Waals surface area contributed by atoms with E-state index in [4.69, 9.17) is 0 Å². The van der Waals surface area contributed by atoms with Crippen LogP contribution < -0.4 is 0 Å². The van der Waals surface area contributed by atoms with Crippen LogP contribution in [0.15, 0.2) is 35.6 Å². The first kappa shape index (κ1) is 19.6. The molecule has 1 aromatic carbocycles. The van der Waals surface area contributed by atoms with Gasteiger partial charge in [0.25, 0.3) is 5.78 Å². The molecule has 0 radical (unpaired) electrons. The number of Topliss-reactive ketones (excluding diaryl/α,β-unsaturated/α-hetero) is 1.